The van der Waals surface area contributed by atoms with Crippen LogP contribution in [0, 0.1) is 17.0 Å². The fraction of sp³-hybridized carbons (Fsp3) is 0.176. The second-order valence-electron chi connectivity index (χ2n) is 4.97. The molecule has 0 aliphatic rings. The van der Waals surface area contributed by atoms with Gasteiger partial charge in [-0.3, -0.25) is 10.1 Å². The van der Waals surface area contributed by atoms with Gasteiger partial charge >= 0.3 is 11.9 Å². The molecule has 0 saturated heterocycles. The van der Waals surface area contributed by atoms with Crippen molar-refractivity contribution >= 4 is 17.6 Å². The monoisotopic (exact) mass is 329 g/mol. The van der Waals surface area contributed by atoms with E-state index in [0.29, 0.717) is 11.1 Å². The fourth-order valence-corrected chi connectivity index (χ4v) is 2.17. The summed E-state index contributed by atoms with van der Waals surface area (Å²) < 4.78 is 9.81. The minimum absolute atomic E-state index is 0.0637. The van der Waals surface area contributed by atoms with Gasteiger partial charge in [0.1, 0.15) is 6.61 Å². The lowest BCUT2D eigenvalue weighted by atomic mass is 10.1. The van der Waals surface area contributed by atoms with Gasteiger partial charge in [-0.05, 0) is 30.7 Å². The molecule has 0 aliphatic carbocycles. The number of hydrogen-bond acceptors (Lipinski definition) is 6. The third kappa shape index (κ3) is 3.75. The number of methoxy groups -OCH3 is 1. The second-order valence-corrected chi connectivity index (χ2v) is 4.97. The summed E-state index contributed by atoms with van der Waals surface area (Å²) in [5.74, 6) is -1.16. The van der Waals surface area contributed by atoms with Crippen LogP contribution >= 0.6 is 0 Å². The number of nitro benzene ring substituents is 1. The Bertz CT molecular complexity index is 799. The average Bonchev–Trinajstić information content (AvgIpc) is 2.59. The van der Waals surface area contributed by atoms with E-state index in [2.05, 4.69) is 4.74 Å². The van der Waals surface area contributed by atoms with Crippen molar-refractivity contribution in [2.75, 3.05) is 7.11 Å². The van der Waals surface area contributed by atoms with Crippen molar-refractivity contribution in [3.8, 4) is 0 Å². The highest BCUT2D eigenvalue weighted by Crippen LogP contribution is 2.22. The topological polar surface area (TPSA) is 95.7 Å². The first-order valence-corrected chi connectivity index (χ1v) is 7.02. The van der Waals surface area contributed by atoms with Gasteiger partial charge in [-0.15, -0.1) is 0 Å². The molecule has 0 radical (unpaired) electrons. The van der Waals surface area contributed by atoms with Gasteiger partial charge in [-0.25, -0.2) is 9.59 Å². The number of benzene rings is 2. The Kier molecular flexibility index (Phi) is 5.26. The Balaban J connectivity index is 2.13. The minimum atomic E-state index is -0.667. The predicted molar refractivity (Wildman–Crippen MR) is 84.7 cm³/mol. The van der Waals surface area contributed by atoms with Crippen molar-refractivity contribution in [2.45, 2.75) is 13.5 Å². The van der Waals surface area contributed by atoms with Gasteiger partial charge in [0.15, 0.2) is 0 Å². The first-order valence-electron chi connectivity index (χ1n) is 7.02. The van der Waals surface area contributed by atoms with Gasteiger partial charge in [0.25, 0.3) is 5.69 Å². The van der Waals surface area contributed by atoms with E-state index in [1.165, 1.54) is 32.2 Å². The molecule has 0 aliphatic heterocycles. The van der Waals surface area contributed by atoms with Crippen molar-refractivity contribution in [2.24, 2.45) is 0 Å². The number of hydrogen-bond donors (Lipinski definition) is 0. The maximum Gasteiger partial charge on any atom is 0.338 e. The lowest BCUT2D eigenvalue weighted by Gasteiger charge is -2.08. The Morgan fingerprint density at radius 2 is 1.83 bits per heavy atom. The zero-order valence-corrected chi connectivity index (χ0v) is 13.1. The maximum atomic E-state index is 12.2. The smallest absolute Gasteiger partial charge is 0.338 e. The van der Waals surface area contributed by atoms with Crippen LogP contribution in [0.2, 0.25) is 0 Å². The molecular weight excluding hydrogens is 314 g/mol. The van der Waals surface area contributed by atoms with Gasteiger partial charge < -0.3 is 9.47 Å². The van der Waals surface area contributed by atoms with Gasteiger partial charge in [-0.1, -0.05) is 18.2 Å². The number of rotatable bonds is 5. The normalized spacial score (nSPS) is 10.1. The van der Waals surface area contributed by atoms with Crippen LogP contribution in [0.25, 0.3) is 0 Å². The van der Waals surface area contributed by atoms with Crippen LogP contribution in [0.5, 0.6) is 0 Å². The summed E-state index contributed by atoms with van der Waals surface area (Å²) in [7, 11) is 1.28. The van der Waals surface area contributed by atoms with Crippen LogP contribution in [-0.2, 0) is 16.1 Å². The molecule has 0 aromatic heterocycles. The first-order chi connectivity index (χ1) is 11.4. The number of ether oxygens (including phenoxy) is 2. The SMILES string of the molecule is COC(=O)c1cccc(COC(=O)c2cccc([N+](=O)[O-])c2C)c1. The van der Waals surface area contributed by atoms with E-state index < -0.39 is 16.9 Å². The molecule has 0 unspecified atom stereocenters. The van der Waals surface area contributed by atoms with E-state index in [-0.39, 0.29) is 23.4 Å². The second kappa shape index (κ2) is 7.36. The quantitative estimate of drug-likeness (QED) is 0.475. The van der Waals surface area contributed by atoms with E-state index >= 15 is 0 Å². The van der Waals surface area contributed by atoms with E-state index in [4.69, 9.17) is 4.74 Å². The van der Waals surface area contributed by atoms with Gasteiger partial charge in [0, 0.05) is 11.6 Å². The zero-order chi connectivity index (χ0) is 17.7. The van der Waals surface area contributed by atoms with Gasteiger partial charge in [0.2, 0.25) is 0 Å². The maximum absolute atomic E-state index is 12.2. The van der Waals surface area contributed by atoms with Crippen LogP contribution in [0.3, 0.4) is 0 Å². The Labute approximate surface area is 138 Å². The van der Waals surface area contributed by atoms with E-state index in [1.54, 1.807) is 24.3 Å². The summed E-state index contributed by atoms with van der Waals surface area (Å²) in [4.78, 5) is 34.0. The first kappa shape index (κ1) is 17.1. The lowest BCUT2D eigenvalue weighted by molar-refractivity contribution is -0.385. The van der Waals surface area contributed by atoms with Gasteiger partial charge in [0.05, 0.1) is 23.2 Å². The minimum Gasteiger partial charge on any atom is -0.465 e. The molecule has 0 fully saturated rings. The molecule has 2 aromatic rings. The number of esters is 2. The Morgan fingerprint density at radius 1 is 1.12 bits per heavy atom. The summed E-state index contributed by atoms with van der Waals surface area (Å²) in [5.41, 5.74) is 1.19. The van der Waals surface area contributed by atoms with E-state index in [0.717, 1.165) is 0 Å². The predicted octanol–water partition coefficient (Wildman–Crippen LogP) is 3.05. The van der Waals surface area contributed by atoms with E-state index in [9.17, 15) is 19.7 Å². The summed E-state index contributed by atoms with van der Waals surface area (Å²) in [6.07, 6.45) is 0. The molecule has 2 rings (SSSR count). The van der Waals surface area contributed by atoms with Gasteiger partial charge in [-0.2, -0.15) is 0 Å². The molecule has 0 amide bonds. The highest BCUT2D eigenvalue weighted by Gasteiger charge is 2.19. The highest BCUT2D eigenvalue weighted by molar-refractivity contribution is 5.92. The molecule has 0 N–H and O–H groups in total. The third-order valence-corrected chi connectivity index (χ3v) is 3.44. The molecule has 24 heavy (non-hydrogen) atoms. The fourth-order valence-electron chi connectivity index (χ4n) is 2.17. The Hall–Kier alpha value is -3.22. The van der Waals surface area contributed by atoms with Crippen molar-refractivity contribution < 1.29 is 24.0 Å². The van der Waals surface area contributed by atoms with Crippen molar-refractivity contribution in [3.05, 3.63) is 74.8 Å². The molecule has 2 aromatic carbocycles. The largest absolute Gasteiger partial charge is 0.465 e. The standard InChI is InChI=1S/C17H15NO6/c1-11-14(7-4-8-15(11)18(21)22)17(20)24-10-12-5-3-6-13(9-12)16(19)23-2/h3-9H,10H2,1-2H3. The molecule has 124 valence electrons. The number of nitro groups is 1. The van der Waals surface area contributed by atoms with Crippen LogP contribution < -0.4 is 0 Å². The van der Waals surface area contributed by atoms with Crippen LogP contribution in [0.15, 0.2) is 42.5 Å². The third-order valence-electron chi connectivity index (χ3n) is 3.44. The van der Waals surface area contributed by atoms with Crippen LogP contribution in [0.4, 0.5) is 5.69 Å². The summed E-state index contributed by atoms with van der Waals surface area (Å²) in [6, 6.07) is 10.7. The summed E-state index contributed by atoms with van der Waals surface area (Å²) in [5, 5.41) is 10.9. The van der Waals surface area contributed by atoms with E-state index in [1.807, 2.05) is 0 Å². The lowest BCUT2D eigenvalue weighted by Crippen LogP contribution is -2.09. The molecule has 0 spiro atoms. The molecular formula is C17H15NO6. The molecule has 0 bridgehead atoms. The van der Waals surface area contributed by atoms with Crippen molar-refractivity contribution in [1.29, 1.82) is 0 Å². The number of carbonyl (C=O) groups is 2. The number of carbonyl (C=O) groups excluding carboxylic acids is 2. The molecule has 7 heteroatoms. The summed E-state index contributed by atoms with van der Waals surface area (Å²) >= 11 is 0. The molecule has 0 saturated carbocycles. The number of nitrogens with zero attached hydrogens (tertiary/aromatic N) is 1. The molecule has 0 atom stereocenters. The molecule has 7 nitrogen and oxygen atoms in total. The Morgan fingerprint density at radius 3 is 2.50 bits per heavy atom. The van der Waals surface area contributed by atoms with Crippen molar-refractivity contribution in [3.63, 3.8) is 0 Å². The van der Waals surface area contributed by atoms with Crippen LogP contribution in [-0.4, -0.2) is 24.0 Å². The highest BCUT2D eigenvalue weighted by atomic mass is 16.6. The average molecular weight is 329 g/mol. The molecule has 0 heterocycles. The van der Waals surface area contributed by atoms with Crippen LogP contribution in [0.1, 0.15) is 31.8 Å². The van der Waals surface area contributed by atoms with Crippen molar-refractivity contribution in [1.82, 2.24) is 0 Å². The zero-order valence-electron chi connectivity index (χ0n) is 13.1. The summed E-state index contributed by atoms with van der Waals surface area (Å²) in [6.45, 7) is 1.43.